The van der Waals surface area contributed by atoms with Gasteiger partial charge >= 0.3 is 0 Å². The quantitative estimate of drug-likeness (QED) is 0.681. The van der Waals surface area contributed by atoms with E-state index in [1.807, 2.05) is 6.92 Å². The summed E-state index contributed by atoms with van der Waals surface area (Å²) in [5.41, 5.74) is 0. The summed E-state index contributed by atoms with van der Waals surface area (Å²) in [6.45, 7) is 1.81. The fraction of sp³-hybridized carbons (Fsp3) is 0.222. The molecular weight excluding hydrogens is 223 g/mol. The van der Waals surface area contributed by atoms with Crippen LogP contribution in [-0.4, -0.2) is 6.29 Å². The summed E-state index contributed by atoms with van der Waals surface area (Å²) < 4.78 is 13.0. The molecule has 0 aliphatic heterocycles. The monoisotopic (exact) mass is 232 g/mol. The van der Waals surface area contributed by atoms with Crippen LogP contribution in [-0.2, 0) is 4.79 Å². The average Bonchev–Trinajstić information content (AvgIpc) is 2.11. The molecule has 0 bridgehead atoms. The number of hydrogen-bond acceptors (Lipinski definition) is 1. The third-order valence-electron chi connectivity index (χ3n) is 0.970. The van der Waals surface area contributed by atoms with Gasteiger partial charge in [0.05, 0.1) is 0 Å². The Hall–Kier alpha value is -0.700. The van der Waals surface area contributed by atoms with Crippen LogP contribution in [0.4, 0.5) is 4.39 Å². The maximum atomic E-state index is 12.1. The Morgan fingerprint density at radius 3 is 2.08 bits per heavy atom. The second-order valence-electron chi connectivity index (χ2n) is 2.01. The second-order valence-corrected chi connectivity index (χ2v) is 2.93. The van der Waals surface area contributed by atoms with Crippen LogP contribution in [0.5, 0.6) is 0 Å². The second kappa shape index (κ2) is 6.98. The first-order valence-electron chi connectivity index (χ1n) is 3.55. The van der Waals surface area contributed by atoms with Gasteiger partial charge in [-0.2, -0.15) is 0 Å². The summed E-state index contributed by atoms with van der Waals surface area (Å²) in [5.74, 6) is -0.201. The van der Waals surface area contributed by atoms with Gasteiger partial charge in [-0.1, -0.05) is 22.9 Å². The Balaban J connectivity index is 0.000000261. The first-order valence-corrected chi connectivity index (χ1v) is 4.34. The van der Waals surface area contributed by atoms with Crippen molar-refractivity contribution in [3.05, 3.63) is 34.6 Å². The molecule has 0 spiro atoms. The fourth-order valence-electron chi connectivity index (χ4n) is 0.430. The van der Waals surface area contributed by atoms with Crippen LogP contribution in [0.1, 0.15) is 13.3 Å². The van der Waals surface area contributed by atoms with Gasteiger partial charge in [-0.15, -0.1) is 0 Å². The lowest BCUT2D eigenvalue weighted by Crippen LogP contribution is -1.67. The lowest BCUT2D eigenvalue weighted by atomic mass is 10.4. The first-order chi connectivity index (χ1) is 5.70. The SMILES string of the molecule is CCC=O.Fc1ccc(Br)cc1. The van der Waals surface area contributed by atoms with Crippen molar-refractivity contribution in [3.63, 3.8) is 0 Å². The molecule has 0 amide bonds. The first kappa shape index (κ1) is 11.3. The van der Waals surface area contributed by atoms with Gasteiger partial charge in [-0.05, 0) is 24.3 Å². The Bertz CT molecular complexity index is 199. The lowest BCUT2D eigenvalue weighted by molar-refractivity contribution is -0.107. The summed E-state index contributed by atoms with van der Waals surface area (Å²) in [7, 11) is 0. The number of aldehydes is 1. The van der Waals surface area contributed by atoms with Crippen LogP contribution in [0.25, 0.3) is 0 Å². The number of carbonyl (C=O) groups is 1. The highest BCUT2D eigenvalue weighted by Crippen LogP contribution is 2.08. The van der Waals surface area contributed by atoms with E-state index in [-0.39, 0.29) is 5.82 Å². The van der Waals surface area contributed by atoms with Crippen LogP contribution in [0.3, 0.4) is 0 Å². The van der Waals surface area contributed by atoms with E-state index in [0.29, 0.717) is 6.42 Å². The van der Waals surface area contributed by atoms with E-state index in [0.717, 1.165) is 10.8 Å². The Kier molecular flexibility index (Phi) is 6.57. The predicted molar refractivity (Wildman–Crippen MR) is 50.5 cm³/mol. The molecule has 0 aromatic heterocycles. The third kappa shape index (κ3) is 6.04. The molecule has 3 heteroatoms. The van der Waals surface area contributed by atoms with Crippen molar-refractivity contribution in [3.8, 4) is 0 Å². The zero-order valence-electron chi connectivity index (χ0n) is 6.76. The highest BCUT2D eigenvalue weighted by atomic mass is 79.9. The van der Waals surface area contributed by atoms with Crippen molar-refractivity contribution in [2.75, 3.05) is 0 Å². The Morgan fingerprint density at radius 1 is 1.42 bits per heavy atom. The average molecular weight is 233 g/mol. The summed E-state index contributed by atoms with van der Waals surface area (Å²) >= 11 is 3.18. The summed E-state index contributed by atoms with van der Waals surface area (Å²) in [6, 6.07) is 6.14. The van der Waals surface area contributed by atoms with Crippen LogP contribution in [0.15, 0.2) is 28.7 Å². The minimum Gasteiger partial charge on any atom is -0.303 e. The summed E-state index contributed by atoms with van der Waals surface area (Å²) in [5, 5.41) is 0. The summed E-state index contributed by atoms with van der Waals surface area (Å²) in [6.07, 6.45) is 1.51. The molecule has 1 nitrogen and oxygen atoms in total. The minimum atomic E-state index is -0.201. The van der Waals surface area contributed by atoms with Gasteiger partial charge in [-0.3, -0.25) is 0 Å². The van der Waals surface area contributed by atoms with Gasteiger partial charge in [0, 0.05) is 10.9 Å². The number of carbonyl (C=O) groups excluding carboxylic acids is 1. The molecular formula is C9H10BrFO. The molecule has 0 radical (unpaired) electrons. The van der Waals surface area contributed by atoms with E-state index in [2.05, 4.69) is 15.9 Å². The van der Waals surface area contributed by atoms with Gasteiger partial charge in [0.15, 0.2) is 0 Å². The van der Waals surface area contributed by atoms with E-state index in [9.17, 15) is 9.18 Å². The molecule has 0 saturated heterocycles. The smallest absolute Gasteiger partial charge is 0.123 e. The molecule has 66 valence electrons. The zero-order chi connectivity index (χ0) is 9.40. The number of benzene rings is 1. The van der Waals surface area contributed by atoms with E-state index >= 15 is 0 Å². The van der Waals surface area contributed by atoms with Crippen molar-refractivity contribution in [2.45, 2.75) is 13.3 Å². The van der Waals surface area contributed by atoms with E-state index < -0.39 is 0 Å². The van der Waals surface area contributed by atoms with Gasteiger partial charge in [0.2, 0.25) is 0 Å². The summed E-state index contributed by atoms with van der Waals surface area (Å²) in [4.78, 5) is 9.17. The molecule has 0 heterocycles. The largest absolute Gasteiger partial charge is 0.303 e. The predicted octanol–water partition coefficient (Wildman–Crippen LogP) is 3.18. The van der Waals surface area contributed by atoms with E-state index in [1.54, 1.807) is 12.1 Å². The normalized spacial score (nSPS) is 8.25. The van der Waals surface area contributed by atoms with Crippen LogP contribution >= 0.6 is 15.9 Å². The molecule has 0 unspecified atom stereocenters. The number of rotatable bonds is 1. The maximum Gasteiger partial charge on any atom is 0.123 e. The number of hydrogen-bond donors (Lipinski definition) is 0. The highest BCUT2D eigenvalue weighted by molar-refractivity contribution is 9.10. The molecule has 0 atom stereocenters. The van der Waals surface area contributed by atoms with Crippen molar-refractivity contribution in [2.24, 2.45) is 0 Å². The standard InChI is InChI=1S/C6H4BrF.C3H6O/c7-5-1-3-6(8)4-2-5;1-2-3-4/h1-4H;3H,2H2,1H3. The van der Waals surface area contributed by atoms with Crippen molar-refractivity contribution < 1.29 is 9.18 Å². The third-order valence-corrected chi connectivity index (χ3v) is 1.50. The van der Waals surface area contributed by atoms with Crippen LogP contribution in [0.2, 0.25) is 0 Å². The van der Waals surface area contributed by atoms with Crippen molar-refractivity contribution in [1.82, 2.24) is 0 Å². The Labute approximate surface area is 79.7 Å². The topological polar surface area (TPSA) is 17.1 Å². The van der Waals surface area contributed by atoms with Gasteiger partial charge in [0.25, 0.3) is 0 Å². The Morgan fingerprint density at radius 2 is 1.83 bits per heavy atom. The maximum absolute atomic E-state index is 12.1. The molecule has 0 saturated carbocycles. The molecule has 1 aromatic carbocycles. The molecule has 1 aromatic rings. The van der Waals surface area contributed by atoms with E-state index in [4.69, 9.17) is 0 Å². The molecule has 0 fully saturated rings. The minimum absolute atomic E-state index is 0.201. The van der Waals surface area contributed by atoms with Crippen LogP contribution in [0, 0.1) is 5.82 Å². The molecule has 1 rings (SSSR count). The molecule has 0 aliphatic carbocycles. The van der Waals surface area contributed by atoms with Gasteiger partial charge in [0.1, 0.15) is 12.1 Å². The zero-order valence-corrected chi connectivity index (χ0v) is 8.34. The molecule has 0 N–H and O–H groups in total. The molecule has 0 aliphatic rings. The molecule has 12 heavy (non-hydrogen) atoms. The van der Waals surface area contributed by atoms with Gasteiger partial charge < -0.3 is 4.79 Å². The van der Waals surface area contributed by atoms with Crippen molar-refractivity contribution in [1.29, 1.82) is 0 Å². The fourth-order valence-corrected chi connectivity index (χ4v) is 0.694. The highest BCUT2D eigenvalue weighted by Gasteiger charge is 1.84. The van der Waals surface area contributed by atoms with Crippen molar-refractivity contribution >= 4 is 22.2 Å². The van der Waals surface area contributed by atoms with Crippen LogP contribution < -0.4 is 0 Å². The van der Waals surface area contributed by atoms with E-state index in [1.165, 1.54) is 12.1 Å². The van der Waals surface area contributed by atoms with Gasteiger partial charge in [-0.25, -0.2) is 4.39 Å². The lowest BCUT2D eigenvalue weighted by Gasteiger charge is -1.85. The number of halogens is 2.